The van der Waals surface area contributed by atoms with Crippen molar-refractivity contribution in [3.05, 3.63) is 106 Å². The van der Waals surface area contributed by atoms with Gasteiger partial charge in [0.25, 0.3) is 5.91 Å². The number of carbonyl (C=O) groups is 2. The van der Waals surface area contributed by atoms with Crippen molar-refractivity contribution in [1.82, 2.24) is 10.2 Å². The highest BCUT2D eigenvalue weighted by Gasteiger charge is 2.25. The highest BCUT2D eigenvalue weighted by Crippen LogP contribution is 2.17. The maximum Gasteiger partial charge on any atom is 0.338 e. The minimum absolute atomic E-state index is 0.0115. The van der Waals surface area contributed by atoms with Crippen LogP contribution in [0.1, 0.15) is 63.7 Å². The predicted molar refractivity (Wildman–Crippen MR) is 153 cm³/mol. The molecule has 0 fully saturated rings. The van der Waals surface area contributed by atoms with Gasteiger partial charge in [0.15, 0.2) is 0 Å². The molecule has 40 heavy (non-hydrogen) atoms. The van der Waals surface area contributed by atoms with E-state index < -0.39 is 29.7 Å². The van der Waals surface area contributed by atoms with Crippen molar-refractivity contribution < 1.29 is 23.1 Å². The largest absolute Gasteiger partial charge is 0.456 e. The van der Waals surface area contributed by atoms with E-state index in [4.69, 9.17) is 10.5 Å². The number of amides is 1. The molecule has 6 nitrogen and oxygen atoms in total. The number of rotatable bonds is 12. The summed E-state index contributed by atoms with van der Waals surface area (Å²) in [5, 5.41) is 3.30. The number of ether oxygens (including phenoxy) is 1. The van der Waals surface area contributed by atoms with Crippen molar-refractivity contribution in [3.63, 3.8) is 0 Å². The number of nitrogens with zero attached hydrogens (tertiary/aromatic N) is 1. The van der Waals surface area contributed by atoms with Crippen LogP contribution in [0.2, 0.25) is 0 Å². The van der Waals surface area contributed by atoms with Crippen LogP contribution in [0.3, 0.4) is 0 Å². The van der Waals surface area contributed by atoms with Crippen molar-refractivity contribution >= 4 is 11.9 Å². The van der Waals surface area contributed by atoms with Crippen LogP contribution in [-0.4, -0.2) is 48.6 Å². The molecule has 3 aromatic rings. The molecule has 214 valence electrons. The molecule has 2 atom stereocenters. The molecule has 0 aromatic heterocycles. The molecular formula is C32H39F2N3O3. The Morgan fingerprint density at radius 2 is 1.60 bits per heavy atom. The molecule has 8 heteroatoms. The van der Waals surface area contributed by atoms with E-state index in [-0.39, 0.29) is 30.5 Å². The second-order valence-corrected chi connectivity index (χ2v) is 10.5. The molecule has 1 amide bonds. The van der Waals surface area contributed by atoms with Gasteiger partial charge in [-0.05, 0) is 86.2 Å². The topological polar surface area (TPSA) is 84.7 Å². The molecule has 0 aliphatic carbocycles. The number of hydrogen-bond donors (Lipinski definition) is 2. The van der Waals surface area contributed by atoms with Crippen LogP contribution in [0.5, 0.6) is 0 Å². The Hall–Kier alpha value is -3.62. The maximum absolute atomic E-state index is 13.8. The third-order valence-corrected chi connectivity index (χ3v) is 6.86. The fraction of sp³-hybridized carbons (Fsp3) is 0.375. The van der Waals surface area contributed by atoms with Crippen LogP contribution in [-0.2, 0) is 24.1 Å². The number of carbonyl (C=O) groups excluding carboxylic acids is 2. The standard InChI is InChI=1S/C32H39F2N3O3/c1-6-22-8-7-9-23(12-22)18-36-19-30(29(35)15-24-13-27(33)17-28(34)14-24)40-32(39)26-11-21(4)10-25(16-26)31(38)37(5)20(2)3/h7-14,16-17,20,29-30,36H,6,15,18-19,35H2,1-5H3/t29-,30+/m0/s1. The number of halogens is 2. The molecule has 0 unspecified atom stereocenters. The van der Waals surface area contributed by atoms with Gasteiger partial charge in [-0.3, -0.25) is 4.79 Å². The molecule has 0 saturated carbocycles. The maximum atomic E-state index is 13.8. The molecule has 3 rings (SSSR count). The summed E-state index contributed by atoms with van der Waals surface area (Å²) in [6.45, 7) is 8.44. The van der Waals surface area contributed by atoms with Crippen molar-refractivity contribution in [1.29, 1.82) is 0 Å². The zero-order chi connectivity index (χ0) is 29.4. The van der Waals surface area contributed by atoms with Gasteiger partial charge >= 0.3 is 5.97 Å². The number of nitrogens with two attached hydrogens (primary N) is 1. The molecule has 0 spiro atoms. The Morgan fingerprint density at radius 1 is 0.950 bits per heavy atom. The van der Waals surface area contributed by atoms with Crippen LogP contribution in [0.15, 0.2) is 60.7 Å². The highest BCUT2D eigenvalue weighted by atomic mass is 19.1. The quantitative estimate of drug-likeness (QED) is 0.302. The van der Waals surface area contributed by atoms with Gasteiger partial charge in [-0.15, -0.1) is 0 Å². The summed E-state index contributed by atoms with van der Waals surface area (Å²) in [5.74, 6) is -2.24. The number of esters is 1. The summed E-state index contributed by atoms with van der Waals surface area (Å²) in [6, 6.07) is 15.5. The van der Waals surface area contributed by atoms with E-state index in [1.54, 1.807) is 31.0 Å². The SMILES string of the molecule is CCc1cccc(CNC[C@@H](OC(=O)c2cc(C)cc(C(=O)N(C)C(C)C)c2)[C@@H](N)Cc2cc(F)cc(F)c2)c1. The fourth-order valence-electron chi connectivity index (χ4n) is 4.40. The van der Waals surface area contributed by atoms with E-state index in [1.807, 2.05) is 26.0 Å². The van der Waals surface area contributed by atoms with Crippen LogP contribution in [0.4, 0.5) is 8.78 Å². The summed E-state index contributed by atoms with van der Waals surface area (Å²) < 4.78 is 33.5. The Morgan fingerprint density at radius 3 is 2.25 bits per heavy atom. The zero-order valence-electron chi connectivity index (χ0n) is 23.8. The molecular weight excluding hydrogens is 512 g/mol. The first-order chi connectivity index (χ1) is 19.0. The summed E-state index contributed by atoms with van der Waals surface area (Å²) in [4.78, 5) is 27.8. The first kappa shape index (κ1) is 30.9. The van der Waals surface area contributed by atoms with E-state index in [9.17, 15) is 18.4 Å². The van der Waals surface area contributed by atoms with Gasteiger partial charge in [0.1, 0.15) is 17.7 Å². The van der Waals surface area contributed by atoms with Gasteiger partial charge in [-0.25, -0.2) is 13.6 Å². The molecule has 0 radical (unpaired) electrons. The number of benzene rings is 3. The van der Waals surface area contributed by atoms with Crippen molar-refractivity contribution in [2.24, 2.45) is 5.73 Å². The van der Waals surface area contributed by atoms with E-state index in [0.717, 1.165) is 23.6 Å². The summed E-state index contributed by atoms with van der Waals surface area (Å²) in [5.41, 5.74) is 10.4. The number of aryl methyl sites for hydroxylation is 2. The average molecular weight is 552 g/mol. The van der Waals surface area contributed by atoms with Gasteiger partial charge in [0.05, 0.1) is 5.56 Å². The number of hydrogen-bond acceptors (Lipinski definition) is 5. The van der Waals surface area contributed by atoms with E-state index in [1.165, 1.54) is 23.8 Å². The Labute approximate surface area is 235 Å². The molecule has 0 bridgehead atoms. The van der Waals surface area contributed by atoms with E-state index >= 15 is 0 Å². The van der Waals surface area contributed by atoms with Crippen molar-refractivity contribution in [2.45, 2.75) is 65.3 Å². The smallest absolute Gasteiger partial charge is 0.338 e. The van der Waals surface area contributed by atoms with Crippen LogP contribution in [0, 0.1) is 18.6 Å². The average Bonchev–Trinajstić information content (AvgIpc) is 2.90. The number of nitrogens with one attached hydrogen (secondary N) is 1. The lowest BCUT2D eigenvalue weighted by Gasteiger charge is -2.25. The molecule has 0 aliphatic heterocycles. The lowest BCUT2D eigenvalue weighted by molar-refractivity contribution is 0.0238. The summed E-state index contributed by atoms with van der Waals surface area (Å²) >= 11 is 0. The van der Waals surface area contributed by atoms with Crippen molar-refractivity contribution in [3.8, 4) is 0 Å². The third kappa shape index (κ3) is 8.69. The molecule has 3 aromatic carbocycles. The van der Waals surface area contributed by atoms with Gasteiger partial charge in [-0.2, -0.15) is 0 Å². The highest BCUT2D eigenvalue weighted by molar-refractivity contribution is 5.98. The molecule has 3 N–H and O–H groups in total. The minimum atomic E-state index is -0.814. The lowest BCUT2D eigenvalue weighted by Crippen LogP contribution is -2.46. The Kier molecular flexibility index (Phi) is 10.9. The monoisotopic (exact) mass is 551 g/mol. The van der Waals surface area contributed by atoms with Crippen molar-refractivity contribution in [2.75, 3.05) is 13.6 Å². The Balaban J connectivity index is 1.81. The van der Waals surface area contributed by atoms with Gasteiger partial charge in [-0.1, -0.05) is 31.2 Å². The van der Waals surface area contributed by atoms with Gasteiger partial charge in [0, 0.05) is 43.9 Å². The normalized spacial score (nSPS) is 12.7. The first-order valence-electron chi connectivity index (χ1n) is 13.6. The molecule has 0 heterocycles. The fourth-order valence-corrected chi connectivity index (χ4v) is 4.40. The molecule has 0 aliphatic rings. The lowest BCUT2D eigenvalue weighted by atomic mass is 10.0. The van der Waals surface area contributed by atoms with Crippen LogP contribution >= 0.6 is 0 Å². The van der Waals surface area contributed by atoms with Crippen LogP contribution in [0.25, 0.3) is 0 Å². The third-order valence-electron chi connectivity index (χ3n) is 6.86. The van der Waals surface area contributed by atoms with E-state index in [0.29, 0.717) is 17.7 Å². The second-order valence-electron chi connectivity index (χ2n) is 10.5. The van der Waals surface area contributed by atoms with Gasteiger partial charge < -0.3 is 20.7 Å². The van der Waals surface area contributed by atoms with Gasteiger partial charge in [0.2, 0.25) is 0 Å². The molecule has 0 saturated heterocycles. The zero-order valence-corrected chi connectivity index (χ0v) is 23.8. The minimum Gasteiger partial charge on any atom is -0.456 e. The van der Waals surface area contributed by atoms with Crippen LogP contribution < -0.4 is 11.1 Å². The first-order valence-corrected chi connectivity index (χ1v) is 13.6. The summed E-state index contributed by atoms with van der Waals surface area (Å²) in [6.07, 6.45) is 0.194. The van der Waals surface area contributed by atoms with E-state index in [2.05, 4.69) is 24.4 Å². The summed E-state index contributed by atoms with van der Waals surface area (Å²) in [7, 11) is 1.71. The predicted octanol–water partition coefficient (Wildman–Crippen LogP) is 5.20. The second kappa shape index (κ2) is 14.1. The Bertz CT molecular complexity index is 1310.